The Balaban J connectivity index is 3.27. The highest BCUT2D eigenvalue weighted by Gasteiger charge is 2.23. The van der Waals surface area contributed by atoms with E-state index in [-0.39, 0.29) is 28.4 Å². The summed E-state index contributed by atoms with van der Waals surface area (Å²) in [5, 5.41) is 37.9. The number of aromatic hydroxyl groups is 1. The number of thiol groups is 1. The molecule has 1 aromatic carbocycles. The van der Waals surface area contributed by atoms with Crippen LogP contribution in [0.3, 0.4) is 0 Å². The van der Waals surface area contributed by atoms with Gasteiger partial charge in [0.2, 0.25) is 0 Å². The van der Waals surface area contributed by atoms with E-state index in [1.165, 1.54) is 19.2 Å². The topological polar surface area (TPSA) is 93.7 Å². The lowest BCUT2D eigenvalue weighted by molar-refractivity contribution is 0.0320. The van der Waals surface area contributed by atoms with Crippen LogP contribution in [0.25, 0.3) is 0 Å². The molecule has 3 N–H and O–H groups in total. The van der Waals surface area contributed by atoms with Crippen molar-refractivity contribution in [3.8, 4) is 17.6 Å². The van der Waals surface area contributed by atoms with E-state index in [9.17, 15) is 15.3 Å². The molecule has 0 saturated carbocycles. The molecular weight excluding hydrogens is 242 g/mol. The summed E-state index contributed by atoms with van der Waals surface area (Å²) in [5.74, 6) is -0.191. The van der Waals surface area contributed by atoms with E-state index in [1.807, 2.05) is 6.07 Å². The minimum atomic E-state index is -1.32. The number of hydrogen-bond donors (Lipinski definition) is 4. The number of nitrogens with zero attached hydrogens (tertiary/aromatic N) is 1. The zero-order valence-corrected chi connectivity index (χ0v) is 10.1. The number of aliphatic hydroxyl groups excluding tert-OH is 2. The highest BCUT2D eigenvalue weighted by atomic mass is 32.1. The molecule has 0 radical (unpaired) electrons. The smallest absolute Gasteiger partial charge is 0.163 e. The van der Waals surface area contributed by atoms with Gasteiger partial charge in [0.1, 0.15) is 6.10 Å². The fraction of sp³-hybridized carbons (Fsp3) is 0.364. The number of methoxy groups -OCH3 is 1. The number of hydrogen-bond acceptors (Lipinski definition) is 6. The van der Waals surface area contributed by atoms with Gasteiger partial charge in [-0.15, -0.1) is 0 Å². The summed E-state index contributed by atoms with van der Waals surface area (Å²) in [4.78, 5) is 0. The first-order valence-electron chi connectivity index (χ1n) is 4.83. The van der Waals surface area contributed by atoms with Gasteiger partial charge >= 0.3 is 0 Å². The third-order valence-corrected chi connectivity index (χ3v) is 2.70. The van der Waals surface area contributed by atoms with E-state index in [1.54, 1.807) is 0 Å². The summed E-state index contributed by atoms with van der Waals surface area (Å²) in [7, 11) is 1.33. The van der Waals surface area contributed by atoms with Crippen molar-refractivity contribution >= 4 is 12.6 Å². The first-order valence-corrected chi connectivity index (χ1v) is 5.46. The molecule has 0 aliphatic heterocycles. The Morgan fingerprint density at radius 1 is 1.47 bits per heavy atom. The molecule has 0 aromatic heterocycles. The second-order valence-electron chi connectivity index (χ2n) is 3.42. The van der Waals surface area contributed by atoms with E-state index in [2.05, 4.69) is 12.6 Å². The molecule has 2 unspecified atom stereocenters. The predicted molar refractivity (Wildman–Crippen MR) is 64.2 cm³/mol. The molecule has 0 aliphatic rings. The van der Waals surface area contributed by atoms with Gasteiger partial charge in [0, 0.05) is 17.4 Å². The van der Waals surface area contributed by atoms with Crippen LogP contribution in [0.4, 0.5) is 0 Å². The zero-order valence-electron chi connectivity index (χ0n) is 9.16. The zero-order chi connectivity index (χ0) is 13.0. The maximum absolute atomic E-state index is 9.79. The minimum absolute atomic E-state index is 0.0275. The number of phenolic OH excluding ortho intramolecular Hbond substituents is 1. The largest absolute Gasteiger partial charge is 0.504 e. The average Bonchev–Trinajstić information content (AvgIpc) is 2.37. The van der Waals surface area contributed by atoms with Crippen LogP contribution in [-0.4, -0.2) is 34.3 Å². The molecular formula is C11H13NO4S. The number of ether oxygens (including phenoxy) is 1. The number of aliphatic hydroxyl groups is 2. The molecule has 1 aromatic rings. The van der Waals surface area contributed by atoms with Gasteiger partial charge in [0.25, 0.3) is 0 Å². The Morgan fingerprint density at radius 3 is 2.59 bits per heavy atom. The Labute approximate surface area is 104 Å². The van der Waals surface area contributed by atoms with Crippen molar-refractivity contribution in [2.45, 2.75) is 12.2 Å². The molecule has 0 aliphatic carbocycles. The first-order chi connectivity index (χ1) is 8.04. The van der Waals surface area contributed by atoms with Crippen molar-refractivity contribution in [2.24, 2.45) is 0 Å². The second kappa shape index (κ2) is 5.77. The van der Waals surface area contributed by atoms with E-state index in [0.717, 1.165) is 0 Å². The van der Waals surface area contributed by atoms with Crippen LogP contribution in [0.15, 0.2) is 12.1 Å². The van der Waals surface area contributed by atoms with Crippen molar-refractivity contribution in [1.29, 1.82) is 5.26 Å². The lowest BCUT2D eigenvalue weighted by atomic mass is 10.0. The fourth-order valence-corrected chi connectivity index (χ4v) is 1.58. The van der Waals surface area contributed by atoms with Crippen molar-refractivity contribution in [2.75, 3.05) is 12.9 Å². The molecule has 92 valence electrons. The molecule has 5 nitrogen and oxygen atoms in total. The number of rotatable bonds is 4. The minimum Gasteiger partial charge on any atom is -0.504 e. The molecule has 17 heavy (non-hydrogen) atoms. The summed E-state index contributed by atoms with van der Waals surface area (Å²) < 4.78 is 4.88. The Morgan fingerprint density at radius 2 is 2.12 bits per heavy atom. The van der Waals surface area contributed by atoms with E-state index in [4.69, 9.17) is 10.00 Å². The number of benzene rings is 1. The monoisotopic (exact) mass is 255 g/mol. The molecule has 0 spiro atoms. The average molecular weight is 255 g/mol. The summed E-state index contributed by atoms with van der Waals surface area (Å²) >= 11 is 3.85. The summed E-state index contributed by atoms with van der Waals surface area (Å²) in [6.07, 6.45) is -2.46. The summed E-state index contributed by atoms with van der Waals surface area (Å²) in [5.41, 5.74) is 0.266. The van der Waals surface area contributed by atoms with Crippen molar-refractivity contribution in [3.63, 3.8) is 0 Å². The molecule has 0 bridgehead atoms. The number of phenols is 1. The van der Waals surface area contributed by atoms with Gasteiger partial charge in [-0.25, -0.2) is 0 Å². The third kappa shape index (κ3) is 2.82. The van der Waals surface area contributed by atoms with Gasteiger partial charge in [0.05, 0.1) is 24.8 Å². The van der Waals surface area contributed by atoms with E-state index >= 15 is 0 Å². The Kier molecular flexibility index (Phi) is 4.63. The van der Waals surface area contributed by atoms with Gasteiger partial charge < -0.3 is 20.1 Å². The summed E-state index contributed by atoms with van der Waals surface area (Å²) in [6.45, 7) is 0. The fourth-order valence-electron chi connectivity index (χ4n) is 1.38. The second-order valence-corrected chi connectivity index (χ2v) is 3.79. The van der Waals surface area contributed by atoms with Crippen molar-refractivity contribution < 1.29 is 20.1 Å². The summed E-state index contributed by atoms with van der Waals surface area (Å²) in [6, 6.07) is 4.52. The van der Waals surface area contributed by atoms with Crippen LogP contribution < -0.4 is 4.74 Å². The lowest BCUT2D eigenvalue weighted by Crippen LogP contribution is -2.20. The Bertz CT molecular complexity index is 444. The van der Waals surface area contributed by atoms with Crippen LogP contribution in [0.2, 0.25) is 0 Å². The molecule has 6 heteroatoms. The highest BCUT2D eigenvalue weighted by Crippen LogP contribution is 2.36. The van der Waals surface area contributed by atoms with Crippen LogP contribution >= 0.6 is 12.6 Å². The van der Waals surface area contributed by atoms with Gasteiger partial charge in [-0.05, 0) is 6.07 Å². The maximum Gasteiger partial charge on any atom is 0.163 e. The van der Waals surface area contributed by atoms with Gasteiger partial charge in [-0.3, -0.25) is 0 Å². The quantitative estimate of drug-likeness (QED) is 0.591. The number of nitriles is 1. The SMILES string of the molecule is COc1cc(C#N)cc(C(O)C(O)CS)c1O. The molecule has 0 heterocycles. The van der Waals surface area contributed by atoms with Crippen LogP contribution in [0.1, 0.15) is 17.2 Å². The molecule has 1 rings (SSSR count). The normalized spacial score (nSPS) is 13.8. The van der Waals surface area contributed by atoms with Crippen LogP contribution in [-0.2, 0) is 0 Å². The van der Waals surface area contributed by atoms with Crippen LogP contribution in [0.5, 0.6) is 11.5 Å². The predicted octanol–water partition coefficient (Wildman–Crippen LogP) is 0.597. The molecule has 0 saturated heterocycles. The van der Waals surface area contributed by atoms with E-state index in [0.29, 0.717) is 0 Å². The molecule has 0 amide bonds. The first kappa shape index (κ1) is 13.6. The van der Waals surface area contributed by atoms with Gasteiger partial charge in [0.15, 0.2) is 11.5 Å². The highest BCUT2D eigenvalue weighted by molar-refractivity contribution is 7.80. The molecule has 0 fully saturated rings. The van der Waals surface area contributed by atoms with Crippen molar-refractivity contribution in [1.82, 2.24) is 0 Å². The van der Waals surface area contributed by atoms with Crippen LogP contribution in [0, 0.1) is 11.3 Å². The van der Waals surface area contributed by atoms with E-state index < -0.39 is 12.2 Å². The molecule has 2 atom stereocenters. The maximum atomic E-state index is 9.79. The lowest BCUT2D eigenvalue weighted by Gasteiger charge is -2.18. The van der Waals surface area contributed by atoms with Gasteiger partial charge in [-0.1, -0.05) is 0 Å². The van der Waals surface area contributed by atoms with Gasteiger partial charge in [-0.2, -0.15) is 17.9 Å². The van der Waals surface area contributed by atoms with Crippen molar-refractivity contribution in [3.05, 3.63) is 23.3 Å². The standard InChI is InChI=1S/C11H13NO4S/c1-16-9-3-6(4-12)2-7(11(9)15)10(14)8(13)5-17/h2-3,8,10,13-15,17H,5H2,1H3. The third-order valence-electron chi connectivity index (χ3n) is 2.32. The Hall–Kier alpha value is -1.42.